The maximum atomic E-state index is 3.10. The van der Waals surface area contributed by atoms with E-state index in [0.29, 0.717) is 0 Å². The Labute approximate surface area is 107 Å². The van der Waals surface area contributed by atoms with Gasteiger partial charge in [-0.2, -0.15) is 0 Å². The van der Waals surface area contributed by atoms with E-state index < -0.39 is 0 Å². The molecule has 0 aliphatic carbocycles. The third kappa shape index (κ3) is 4.36. The maximum absolute atomic E-state index is 3.10. The molecule has 0 aliphatic rings. The zero-order valence-electron chi connectivity index (χ0n) is 7.44. The monoisotopic (exact) mass is 520 g/mol. The summed E-state index contributed by atoms with van der Waals surface area (Å²) in [6, 6.07) is 10.3. The van der Waals surface area contributed by atoms with Crippen molar-refractivity contribution < 1.29 is 38.7 Å². The van der Waals surface area contributed by atoms with Crippen LogP contribution in [0.2, 0.25) is 0 Å². The first-order chi connectivity index (χ1) is 6.86. The van der Waals surface area contributed by atoms with Crippen molar-refractivity contribution in [1.29, 1.82) is 0 Å². The molecular formula is C12H8W2-2. The molecule has 0 N–H and O–H groups in total. The van der Waals surface area contributed by atoms with Crippen LogP contribution >= 0.6 is 0 Å². The van der Waals surface area contributed by atoms with Crippen LogP contribution in [0.15, 0.2) is 24.3 Å². The van der Waals surface area contributed by atoms with Gasteiger partial charge >= 0.3 is 107 Å². The van der Waals surface area contributed by atoms with Gasteiger partial charge in [-0.05, 0) is 0 Å². The summed E-state index contributed by atoms with van der Waals surface area (Å²) >= 11 is 2.92. The molecule has 0 radical (unpaired) electrons. The predicted octanol–water partition coefficient (Wildman–Crippen LogP) is 2.01. The second-order valence-corrected chi connectivity index (χ2v) is 4.44. The summed E-state index contributed by atoms with van der Waals surface area (Å²) in [5.74, 6) is 0. The van der Waals surface area contributed by atoms with E-state index in [2.05, 4.69) is 20.9 Å². The molecule has 1 rings (SSSR count). The van der Waals surface area contributed by atoms with E-state index >= 15 is 0 Å². The second kappa shape index (κ2) is 7.15. The molecule has 1 aromatic carbocycles. The standard InChI is InChI=1S/C12H8.2W/c1-3-5-11-7-9-12(6-4-2)10-8-11;;/h1-7,9H;;/q-2;;/b5-3-,6-4-;;. The van der Waals surface area contributed by atoms with Crippen molar-refractivity contribution in [3.63, 3.8) is 0 Å². The Balaban J connectivity index is 2.77. The molecule has 70 valence electrons. The van der Waals surface area contributed by atoms with Crippen molar-refractivity contribution >= 4 is 21.0 Å². The summed E-state index contributed by atoms with van der Waals surface area (Å²) in [4.78, 5) is 0. The normalized spacial score (nSPS) is 10.9. The van der Waals surface area contributed by atoms with Gasteiger partial charge in [0.25, 0.3) is 0 Å². The number of benzene rings is 1. The molecule has 0 nitrogen and oxygen atoms in total. The van der Waals surface area contributed by atoms with Gasteiger partial charge in [-0.15, -0.1) is 0 Å². The second-order valence-electron chi connectivity index (χ2n) is 2.48. The molecule has 1 aromatic rings. The number of allylic oxidation sites excluding steroid dienone is 2. The van der Waals surface area contributed by atoms with E-state index in [1.165, 1.54) is 38.7 Å². The summed E-state index contributed by atoms with van der Waals surface area (Å²) in [5, 5.41) is 0. The van der Waals surface area contributed by atoms with Crippen LogP contribution in [0.4, 0.5) is 0 Å². The average molecular weight is 520 g/mol. The molecular weight excluding hydrogens is 512 g/mol. The number of hydrogen-bond donors (Lipinski definition) is 0. The van der Waals surface area contributed by atoms with Gasteiger partial charge in [0.1, 0.15) is 0 Å². The van der Waals surface area contributed by atoms with E-state index in [0.717, 1.165) is 11.1 Å². The Morgan fingerprint density at radius 3 is 1.57 bits per heavy atom. The first-order valence-corrected chi connectivity index (χ1v) is 7.43. The molecule has 0 aromatic heterocycles. The van der Waals surface area contributed by atoms with Gasteiger partial charge in [0, 0.05) is 0 Å². The van der Waals surface area contributed by atoms with E-state index in [1.54, 1.807) is 0 Å². The van der Waals surface area contributed by atoms with Crippen LogP contribution in [-0.2, 0) is 38.7 Å². The third-order valence-corrected chi connectivity index (χ3v) is 2.63. The zero-order chi connectivity index (χ0) is 10.2. The van der Waals surface area contributed by atoms with Gasteiger partial charge in [0.05, 0.1) is 0 Å². The van der Waals surface area contributed by atoms with Gasteiger partial charge in [-0.25, -0.2) is 0 Å². The van der Waals surface area contributed by atoms with Crippen molar-refractivity contribution in [2.24, 2.45) is 0 Å². The molecule has 0 saturated carbocycles. The summed E-state index contributed by atoms with van der Waals surface area (Å²) in [7, 11) is 0. The first-order valence-electron chi connectivity index (χ1n) is 4.04. The Bertz CT molecular complexity index is 321. The Kier molecular flexibility index (Phi) is 6.08. The van der Waals surface area contributed by atoms with Gasteiger partial charge in [0.15, 0.2) is 0 Å². The fraction of sp³-hybridized carbons (Fsp3) is 0. The quantitative estimate of drug-likeness (QED) is 0.534. The molecule has 2 heteroatoms. The van der Waals surface area contributed by atoms with Crippen LogP contribution in [0.5, 0.6) is 0 Å². The minimum atomic E-state index is 1.07. The van der Waals surface area contributed by atoms with Crippen molar-refractivity contribution in [2.75, 3.05) is 0 Å². The molecule has 0 saturated heterocycles. The SMILES string of the molecule is [W]=[CH]/C=C\c1[c-][c-]c(/C=C\[CH]=[W])cc1. The van der Waals surface area contributed by atoms with Crippen molar-refractivity contribution in [1.82, 2.24) is 0 Å². The molecule has 0 spiro atoms. The molecule has 0 bridgehead atoms. The summed E-state index contributed by atoms with van der Waals surface area (Å²) < 4.78 is 4.16. The van der Waals surface area contributed by atoms with Gasteiger partial charge in [-0.1, -0.05) is 0 Å². The summed E-state index contributed by atoms with van der Waals surface area (Å²) in [6.07, 6.45) is 8.14. The van der Waals surface area contributed by atoms with Crippen LogP contribution in [0.1, 0.15) is 11.1 Å². The first kappa shape index (κ1) is 11.9. The fourth-order valence-electron chi connectivity index (χ4n) is 0.888. The minimum absolute atomic E-state index is 1.07. The number of rotatable bonds is 4. The molecule has 0 atom stereocenters. The van der Waals surface area contributed by atoms with Crippen LogP contribution < -0.4 is 0 Å². The van der Waals surface area contributed by atoms with E-state index in [4.69, 9.17) is 0 Å². The number of hydrogen-bond acceptors (Lipinski definition) is 0. The topological polar surface area (TPSA) is 0 Å². The Morgan fingerprint density at radius 1 is 0.857 bits per heavy atom. The van der Waals surface area contributed by atoms with Crippen molar-refractivity contribution in [3.8, 4) is 0 Å². The van der Waals surface area contributed by atoms with E-state index in [9.17, 15) is 0 Å². The van der Waals surface area contributed by atoms with Gasteiger partial charge in [-0.3, -0.25) is 0 Å². The van der Waals surface area contributed by atoms with Crippen LogP contribution in [0.25, 0.3) is 12.2 Å². The summed E-state index contributed by atoms with van der Waals surface area (Å²) in [5.41, 5.74) is 2.15. The molecule has 0 aliphatic heterocycles. The van der Waals surface area contributed by atoms with Crippen LogP contribution in [-0.4, -0.2) is 8.80 Å². The average Bonchev–Trinajstić information content (AvgIpc) is 2.25. The Hall–Kier alpha value is -0.183. The van der Waals surface area contributed by atoms with Gasteiger partial charge in [0.2, 0.25) is 0 Å². The molecule has 0 heterocycles. The van der Waals surface area contributed by atoms with Crippen molar-refractivity contribution in [3.05, 3.63) is 47.5 Å². The summed E-state index contributed by atoms with van der Waals surface area (Å²) in [6.45, 7) is 0. The third-order valence-electron chi connectivity index (χ3n) is 1.50. The molecule has 0 fully saturated rings. The van der Waals surface area contributed by atoms with Crippen LogP contribution in [0.3, 0.4) is 0 Å². The van der Waals surface area contributed by atoms with Gasteiger partial charge < -0.3 is 0 Å². The van der Waals surface area contributed by atoms with Crippen molar-refractivity contribution in [2.45, 2.75) is 0 Å². The van der Waals surface area contributed by atoms with Crippen LogP contribution in [0, 0.1) is 12.1 Å². The fourth-order valence-corrected chi connectivity index (χ4v) is 1.45. The molecule has 0 amide bonds. The van der Waals surface area contributed by atoms with E-state index in [1.807, 2.05) is 36.4 Å². The zero-order valence-corrected chi connectivity index (χ0v) is 13.3. The Morgan fingerprint density at radius 2 is 1.29 bits per heavy atom. The predicted molar refractivity (Wildman–Crippen MR) is 54.3 cm³/mol. The molecule has 0 unspecified atom stereocenters. The van der Waals surface area contributed by atoms with E-state index in [-0.39, 0.29) is 0 Å². The molecule has 14 heavy (non-hydrogen) atoms.